The van der Waals surface area contributed by atoms with Crippen molar-refractivity contribution < 1.29 is 0 Å². The summed E-state index contributed by atoms with van der Waals surface area (Å²) in [6.07, 6.45) is 7.90. The van der Waals surface area contributed by atoms with E-state index < -0.39 is 0 Å². The van der Waals surface area contributed by atoms with E-state index in [0.717, 1.165) is 17.8 Å². The first kappa shape index (κ1) is 18.4. The van der Waals surface area contributed by atoms with E-state index in [9.17, 15) is 0 Å². The molecule has 0 aromatic heterocycles. The van der Waals surface area contributed by atoms with E-state index >= 15 is 0 Å². The highest BCUT2D eigenvalue weighted by molar-refractivity contribution is 6.25. The summed E-state index contributed by atoms with van der Waals surface area (Å²) in [5.74, 6) is 3.09. The zero-order chi connectivity index (χ0) is 19.2. The molecule has 0 bridgehead atoms. The minimum atomic E-state index is 0.238. The molecule has 5 atom stereocenters. The van der Waals surface area contributed by atoms with Crippen molar-refractivity contribution >= 4 is 7.85 Å². The summed E-state index contributed by atoms with van der Waals surface area (Å²) in [6, 6.07) is 0. The molecule has 0 aromatic rings. The Bertz CT molecular complexity index is 759. The van der Waals surface area contributed by atoms with Crippen LogP contribution in [-0.4, -0.2) is 7.85 Å². The van der Waals surface area contributed by atoms with Crippen LogP contribution in [0.3, 0.4) is 0 Å². The molecule has 0 N–H and O–H groups in total. The number of allylic oxidation sites excluding steroid dienone is 6. The molecule has 0 nitrogen and oxygen atoms in total. The second kappa shape index (κ2) is 5.30. The second-order valence-electron chi connectivity index (χ2n) is 11.4. The van der Waals surface area contributed by atoms with Crippen molar-refractivity contribution in [3.63, 3.8) is 0 Å². The van der Waals surface area contributed by atoms with Crippen LogP contribution < -0.4 is 0 Å². The van der Waals surface area contributed by atoms with E-state index in [0.29, 0.717) is 16.7 Å². The molecule has 0 saturated heterocycles. The van der Waals surface area contributed by atoms with Crippen molar-refractivity contribution in [2.45, 2.75) is 67.2 Å². The molecule has 2 fully saturated rings. The normalized spacial score (nSPS) is 43.5. The predicted octanol–water partition coefficient (Wildman–Crippen LogP) is 6.07. The van der Waals surface area contributed by atoms with Gasteiger partial charge in [-0.2, -0.15) is 0 Å². The predicted molar refractivity (Wildman–Crippen MR) is 116 cm³/mol. The third-order valence-corrected chi connectivity index (χ3v) is 9.11. The lowest BCUT2D eigenvalue weighted by Gasteiger charge is -2.59. The average molecular weight is 348 g/mol. The summed E-state index contributed by atoms with van der Waals surface area (Å²) in [7, 11) is 2.36. The fourth-order valence-corrected chi connectivity index (χ4v) is 7.64. The van der Waals surface area contributed by atoms with Crippen LogP contribution in [0.25, 0.3) is 0 Å². The molecule has 1 heteroatoms. The topological polar surface area (TPSA) is 0 Å². The molecule has 0 radical (unpaired) electrons. The van der Waals surface area contributed by atoms with Crippen LogP contribution in [0.5, 0.6) is 0 Å². The first-order valence-corrected chi connectivity index (χ1v) is 10.7. The van der Waals surface area contributed by atoms with Gasteiger partial charge in [0.25, 0.3) is 0 Å². The fourth-order valence-electron chi connectivity index (χ4n) is 7.64. The Morgan fingerprint density at radius 2 is 1.62 bits per heavy atom. The molecule has 0 heterocycles. The summed E-state index contributed by atoms with van der Waals surface area (Å²) in [5.41, 5.74) is 8.40. The number of fused-ring (bicyclic) bond motifs is 5. The van der Waals surface area contributed by atoms with Crippen molar-refractivity contribution in [2.75, 3.05) is 0 Å². The maximum absolute atomic E-state index is 4.51. The van der Waals surface area contributed by atoms with Gasteiger partial charge in [0.05, 0.1) is 0 Å². The van der Waals surface area contributed by atoms with Gasteiger partial charge in [0.2, 0.25) is 0 Å². The molecular formula is C25H37B. The van der Waals surface area contributed by atoms with Gasteiger partial charge in [-0.15, -0.1) is 0 Å². The number of hydrogen-bond acceptors (Lipinski definition) is 0. The fraction of sp³-hybridized carbons (Fsp3) is 0.680. The van der Waals surface area contributed by atoms with Gasteiger partial charge in [0.15, 0.2) is 0 Å². The number of hydrogen-bond donors (Lipinski definition) is 0. The van der Waals surface area contributed by atoms with Crippen molar-refractivity contribution in [3.05, 3.63) is 47.0 Å². The van der Waals surface area contributed by atoms with Gasteiger partial charge >= 0.3 is 0 Å². The van der Waals surface area contributed by atoms with Crippen molar-refractivity contribution in [3.8, 4) is 0 Å². The second-order valence-corrected chi connectivity index (χ2v) is 11.4. The number of rotatable bonds is 0. The van der Waals surface area contributed by atoms with Gasteiger partial charge in [-0.05, 0) is 78.1 Å². The zero-order valence-electron chi connectivity index (χ0n) is 18.1. The highest BCUT2D eigenvalue weighted by Gasteiger charge is 2.57. The maximum Gasteiger partial charge on any atom is 0.139 e. The van der Waals surface area contributed by atoms with Gasteiger partial charge in [-0.1, -0.05) is 76.0 Å². The van der Waals surface area contributed by atoms with E-state index in [-0.39, 0.29) is 5.41 Å². The van der Waals surface area contributed by atoms with Crippen molar-refractivity contribution in [2.24, 2.45) is 39.9 Å². The van der Waals surface area contributed by atoms with Gasteiger partial charge < -0.3 is 0 Å². The molecule has 4 rings (SSSR count). The largest absolute Gasteiger partial charge is 0.139 e. The summed E-state index contributed by atoms with van der Waals surface area (Å²) in [4.78, 5) is 0. The Balaban J connectivity index is 1.82. The smallest absolute Gasteiger partial charge is 0.0959 e. The quantitative estimate of drug-likeness (QED) is 0.466. The Morgan fingerprint density at radius 3 is 2.27 bits per heavy atom. The SMILES string of the molecule is BC1=C2C(CC(C)(C)C1=C)C1CCC3(C)C(=C)C(C)=CC3C1CC2(C)C. The molecule has 26 heavy (non-hydrogen) atoms. The lowest BCUT2D eigenvalue weighted by atomic mass is 9.44. The summed E-state index contributed by atoms with van der Waals surface area (Å²) >= 11 is 0. The highest BCUT2D eigenvalue weighted by atomic mass is 14.6. The van der Waals surface area contributed by atoms with Crippen LogP contribution in [0.2, 0.25) is 0 Å². The average Bonchev–Trinajstić information content (AvgIpc) is 2.76. The van der Waals surface area contributed by atoms with E-state index in [4.69, 9.17) is 0 Å². The monoisotopic (exact) mass is 348 g/mol. The third-order valence-electron chi connectivity index (χ3n) is 9.11. The summed E-state index contributed by atoms with van der Waals surface area (Å²) in [6.45, 7) is 23.7. The van der Waals surface area contributed by atoms with Gasteiger partial charge in [0.1, 0.15) is 7.85 Å². The van der Waals surface area contributed by atoms with Crippen LogP contribution in [0.15, 0.2) is 47.0 Å². The Hall–Kier alpha value is -0.975. The first-order chi connectivity index (χ1) is 11.9. The zero-order valence-corrected chi connectivity index (χ0v) is 18.1. The molecule has 0 amide bonds. The van der Waals surface area contributed by atoms with Crippen molar-refractivity contribution in [1.82, 2.24) is 0 Å². The minimum absolute atomic E-state index is 0.238. The van der Waals surface area contributed by atoms with E-state index in [1.54, 1.807) is 5.57 Å². The lowest BCUT2D eigenvalue weighted by Crippen LogP contribution is -2.51. The third kappa shape index (κ3) is 2.21. The molecule has 4 aliphatic rings. The van der Waals surface area contributed by atoms with E-state index in [1.165, 1.54) is 47.9 Å². The Labute approximate surface area is 162 Å². The molecular weight excluding hydrogens is 311 g/mol. The van der Waals surface area contributed by atoms with E-state index in [1.807, 2.05) is 0 Å². The molecule has 0 aromatic carbocycles. The highest BCUT2D eigenvalue weighted by Crippen LogP contribution is 2.67. The summed E-state index contributed by atoms with van der Waals surface area (Å²) in [5, 5.41) is 0. The Morgan fingerprint density at radius 1 is 0.962 bits per heavy atom. The van der Waals surface area contributed by atoms with Crippen LogP contribution in [0, 0.1) is 39.9 Å². The van der Waals surface area contributed by atoms with Crippen LogP contribution in [-0.2, 0) is 0 Å². The van der Waals surface area contributed by atoms with Gasteiger partial charge in [-0.25, -0.2) is 0 Å². The van der Waals surface area contributed by atoms with Crippen LogP contribution >= 0.6 is 0 Å². The molecule has 2 saturated carbocycles. The molecule has 0 aliphatic heterocycles. The lowest BCUT2D eigenvalue weighted by molar-refractivity contribution is -0.0103. The minimum Gasteiger partial charge on any atom is -0.0959 e. The molecule has 4 aliphatic carbocycles. The first-order valence-electron chi connectivity index (χ1n) is 10.7. The van der Waals surface area contributed by atoms with E-state index in [2.05, 4.69) is 68.6 Å². The molecule has 0 spiro atoms. The van der Waals surface area contributed by atoms with Gasteiger partial charge in [-0.3, -0.25) is 0 Å². The van der Waals surface area contributed by atoms with Gasteiger partial charge in [0, 0.05) is 0 Å². The molecule has 5 unspecified atom stereocenters. The standard InChI is InChI=1S/C25H37B/c1-14-11-20-18-12-24(6,7)21-19(13-23(4,5)16(3)22(21)26)17(18)9-10-25(20,8)15(14)2/h11,17-20H,2-3,9-10,12-13,26H2,1,4-8H3. The van der Waals surface area contributed by atoms with Crippen molar-refractivity contribution in [1.29, 1.82) is 0 Å². The Kier molecular flexibility index (Phi) is 3.75. The van der Waals surface area contributed by atoms with Crippen LogP contribution in [0.1, 0.15) is 67.2 Å². The van der Waals surface area contributed by atoms with Crippen LogP contribution in [0.4, 0.5) is 0 Å². The maximum atomic E-state index is 4.51. The molecule has 140 valence electrons. The summed E-state index contributed by atoms with van der Waals surface area (Å²) < 4.78 is 0.